The SMILES string of the molecule is Nc1ccc(C(=O)Nc2cc([N+](=O)[O-])ccc2F)nn1. The normalized spacial score (nSPS) is 10.1. The van der Waals surface area contributed by atoms with Crippen LogP contribution >= 0.6 is 0 Å². The van der Waals surface area contributed by atoms with Crippen LogP contribution in [0.2, 0.25) is 0 Å². The van der Waals surface area contributed by atoms with Crippen LogP contribution in [-0.4, -0.2) is 21.0 Å². The zero-order valence-corrected chi connectivity index (χ0v) is 9.91. The van der Waals surface area contributed by atoms with Gasteiger partial charge in [-0.1, -0.05) is 0 Å². The molecule has 0 fully saturated rings. The van der Waals surface area contributed by atoms with Crippen molar-refractivity contribution in [3.8, 4) is 0 Å². The molecule has 0 radical (unpaired) electrons. The molecule has 0 bridgehead atoms. The molecule has 3 N–H and O–H groups in total. The Kier molecular flexibility index (Phi) is 3.51. The van der Waals surface area contributed by atoms with Gasteiger partial charge in [0.25, 0.3) is 11.6 Å². The Morgan fingerprint density at radius 2 is 2.05 bits per heavy atom. The maximum Gasteiger partial charge on any atom is 0.276 e. The van der Waals surface area contributed by atoms with Crippen molar-refractivity contribution < 1.29 is 14.1 Å². The minimum atomic E-state index is -0.799. The average Bonchev–Trinajstić information content (AvgIpc) is 2.41. The van der Waals surface area contributed by atoms with Crippen LogP contribution in [0.25, 0.3) is 0 Å². The number of rotatable bonds is 3. The number of anilines is 2. The van der Waals surface area contributed by atoms with Gasteiger partial charge in [-0.15, -0.1) is 10.2 Å². The molecule has 0 aliphatic carbocycles. The third-order valence-corrected chi connectivity index (χ3v) is 2.33. The van der Waals surface area contributed by atoms with Gasteiger partial charge in [0.05, 0.1) is 10.6 Å². The molecule has 102 valence electrons. The van der Waals surface area contributed by atoms with Gasteiger partial charge in [-0.3, -0.25) is 14.9 Å². The standard InChI is InChI=1S/C11H8FN5O3/c12-7-2-1-6(17(19)20)5-9(7)14-11(18)8-3-4-10(13)16-15-8/h1-5H,(H2,13,16)(H,14,18). The molecule has 2 aromatic rings. The van der Waals surface area contributed by atoms with Gasteiger partial charge in [0.2, 0.25) is 0 Å². The molecule has 20 heavy (non-hydrogen) atoms. The fourth-order valence-corrected chi connectivity index (χ4v) is 1.37. The minimum absolute atomic E-state index is 0.0925. The van der Waals surface area contributed by atoms with Crippen molar-refractivity contribution in [3.05, 3.63) is 52.0 Å². The molecular formula is C11H8FN5O3. The number of nitrogen functional groups attached to an aromatic ring is 1. The van der Waals surface area contributed by atoms with E-state index in [1.165, 1.54) is 12.1 Å². The molecule has 0 saturated carbocycles. The smallest absolute Gasteiger partial charge is 0.276 e. The number of carbonyl (C=O) groups is 1. The van der Waals surface area contributed by atoms with E-state index >= 15 is 0 Å². The lowest BCUT2D eigenvalue weighted by Crippen LogP contribution is -2.15. The number of aromatic nitrogens is 2. The zero-order valence-electron chi connectivity index (χ0n) is 9.91. The highest BCUT2D eigenvalue weighted by Gasteiger charge is 2.15. The minimum Gasteiger partial charge on any atom is -0.382 e. The highest BCUT2D eigenvalue weighted by Crippen LogP contribution is 2.21. The van der Waals surface area contributed by atoms with Gasteiger partial charge in [-0.25, -0.2) is 4.39 Å². The summed E-state index contributed by atoms with van der Waals surface area (Å²) in [5.41, 5.74) is 4.56. The quantitative estimate of drug-likeness (QED) is 0.644. The van der Waals surface area contributed by atoms with E-state index in [9.17, 15) is 19.3 Å². The molecule has 8 nitrogen and oxygen atoms in total. The van der Waals surface area contributed by atoms with Crippen molar-refractivity contribution >= 4 is 23.1 Å². The van der Waals surface area contributed by atoms with E-state index in [0.29, 0.717) is 0 Å². The van der Waals surface area contributed by atoms with E-state index in [4.69, 9.17) is 5.73 Å². The van der Waals surface area contributed by atoms with Gasteiger partial charge in [0, 0.05) is 12.1 Å². The third-order valence-electron chi connectivity index (χ3n) is 2.33. The summed E-state index contributed by atoms with van der Waals surface area (Å²) >= 11 is 0. The maximum absolute atomic E-state index is 13.5. The summed E-state index contributed by atoms with van der Waals surface area (Å²) in [6.45, 7) is 0. The van der Waals surface area contributed by atoms with Crippen molar-refractivity contribution in [1.82, 2.24) is 10.2 Å². The zero-order chi connectivity index (χ0) is 14.7. The van der Waals surface area contributed by atoms with E-state index in [1.807, 2.05) is 0 Å². The van der Waals surface area contributed by atoms with Gasteiger partial charge < -0.3 is 11.1 Å². The van der Waals surface area contributed by atoms with E-state index in [1.54, 1.807) is 0 Å². The number of non-ortho nitro benzene ring substituents is 1. The van der Waals surface area contributed by atoms with Crippen LogP contribution < -0.4 is 11.1 Å². The molecule has 9 heteroatoms. The topological polar surface area (TPSA) is 124 Å². The maximum atomic E-state index is 13.5. The van der Waals surface area contributed by atoms with Gasteiger partial charge in [0.15, 0.2) is 5.69 Å². The van der Waals surface area contributed by atoms with Crippen molar-refractivity contribution in [2.24, 2.45) is 0 Å². The third kappa shape index (κ3) is 2.83. The van der Waals surface area contributed by atoms with Crippen molar-refractivity contribution in [3.63, 3.8) is 0 Å². The first kappa shape index (κ1) is 13.3. The summed E-state index contributed by atoms with van der Waals surface area (Å²) in [4.78, 5) is 21.7. The number of nitrogens with two attached hydrogens (primary N) is 1. The predicted octanol–water partition coefficient (Wildman–Crippen LogP) is 1.36. The Morgan fingerprint density at radius 1 is 1.30 bits per heavy atom. The predicted molar refractivity (Wildman–Crippen MR) is 67.5 cm³/mol. The van der Waals surface area contributed by atoms with Crippen LogP contribution in [0.1, 0.15) is 10.5 Å². The summed E-state index contributed by atoms with van der Waals surface area (Å²) in [6.07, 6.45) is 0. The number of halogens is 1. The molecule has 0 atom stereocenters. The van der Waals surface area contributed by atoms with Crippen molar-refractivity contribution in [1.29, 1.82) is 0 Å². The second kappa shape index (κ2) is 5.26. The molecule has 0 saturated heterocycles. The molecule has 0 spiro atoms. The number of hydrogen-bond acceptors (Lipinski definition) is 6. The number of nitrogens with zero attached hydrogens (tertiary/aromatic N) is 3. The molecule has 0 aliphatic heterocycles. The lowest BCUT2D eigenvalue weighted by Gasteiger charge is -2.05. The molecule has 1 aromatic carbocycles. The van der Waals surface area contributed by atoms with Gasteiger partial charge in [0.1, 0.15) is 11.6 Å². The fraction of sp³-hybridized carbons (Fsp3) is 0. The van der Waals surface area contributed by atoms with Crippen LogP contribution in [0.15, 0.2) is 30.3 Å². The summed E-state index contributed by atoms with van der Waals surface area (Å²) in [5, 5.41) is 19.8. The Balaban J connectivity index is 2.25. The second-order valence-electron chi connectivity index (χ2n) is 3.72. The highest BCUT2D eigenvalue weighted by molar-refractivity contribution is 6.03. The Labute approximate surface area is 111 Å². The number of nitro groups is 1. The molecule has 0 unspecified atom stereocenters. The first-order valence-corrected chi connectivity index (χ1v) is 5.32. The van der Waals surface area contributed by atoms with E-state index in [2.05, 4.69) is 15.5 Å². The number of benzene rings is 1. The fourth-order valence-electron chi connectivity index (χ4n) is 1.37. The van der Waals surface area contributed by atoms with Gasteiger partial charge in [-0.05, 0) is 18.2 Å². The number of nitrogens with one attached hydrogen (secondary N) is 1. The van der Waals surface area contributed by atoms with Crippen LogP contribution in [0.5, 0.6) is 0 Å². The lowest BCUT2D eigenvalue weighted by molar-refractivity contribution is -0.384. The lowest BCUT2D eigenvalue weighted by atomic mass is 10.2. The number of amides is 1. The monoisotopic (exact) mass is 277 g/mol. The highest BCUT2D eigenvalue weighted by atomic mass is 19.1. The second-order valence-corrected chi connectivity index (χ2v) is 3.72. The summed E-state index contributed by atoms with van der Waals surface area (Å²) in [7, 11) is 0. The largest absolute Gasteiger partial charge is 0.382 e. The molecule has 1 amide bonds. The van der Waals surface area contributed by atoms with Crippen molar-refractivity contribution in [2.45, 2.75) is 0 Å². The van der Waals surface area contributed by atoms with E-state index in [-0.39, 0.29) is 22.9 Å². The van der Waals surface area contributed by atoms with Crippen LogP contribution in [0.4, 0.5) is 21.6 Å². The van der Waals surface area contributed by atoms with Crippen LogP contribution in [-0.2, 0) is 0 Å². The Hall–Kier alpha value is -3.10. The number of hydrogen-bond donors (Lipinski definition) is 2. The molecule has 1 heterocycles. The van der Waals surface area contributed by atoms with Gasteiger partial charge >= 0.3 is 0 Å². The summed E-state index contributed by atoms with van der Waals surface area (Å²) in [5.74, 6) is -1.42. The molecular weight excluding hydrogens is 269 g/mol. The Morgan fingerprint density at radius 3 is 2.65 bits per heavy atom. The molecule has 2 rings (SSSR count). The van der Waals surface area contributed by atoms with Crippen molar-refractivity contribution in [2.75, 3.05) is 11.1 Å². The van der Waals surface area contributed by atoms with Gasteiger partial charge in [-0.2, -0.15) is 0 Å². The van der Waals surface area contributed by atoms with Crippen LogP contribution in [0.3, 0.4) is 0 Å². The first-order valence-electron chi connectivity index (χ1n) is 5.32. The van der Waals surface area contributed by atoms with Crippen LogP contribution in [0, 0.1) is 15.9 Å². The number of carbonyl (C=O) groups excluding carboxylic acids is 1. The molecule has 1 aromatic heterocycles. The van der Waals surface area contributed by atoms with E-state index in [0.717, 1.165) is 18.2 Å². The summed E-state index contributed by atoms with van der Waals surface area (Å²) in [6, 6.07) is 5.45. The summed E-state index contributed by atoms with van der Waals surface area (Å²) < 4.78 is 13.5. The first-order chi connectivity index (χ1) is 9.47. The van der Waals surface area contributed by atoms with E-state index < -0.39 is 16.6 Å². The Bertz CT molecular complexity index is 674. The average molecular weight is 277 g/mol. The molecule has 0 aliphatic rings. The number of nitro benzene ring substituents is 1.